The Morgan fingerprint density at radius 1 is 1.22 bits per heavy atom. The second-order valence-electron chi connectivity index (χ2n) is 6.10. The standard InChI is InChI=1S/C20H18ClNO3S2/c1-13-5-7-17(8-6-13)27(25)22-18(11-20(23)24)19-10-15(12-26-19)14-3-2-4-16(21)9-14/h2-10,12,18,22H,11H2,1H3,(H,23,24). The van der Waals surface area contributed by atoms with E-state index in [-0.39, 0.29) is 6.42 Å². The molecule has 0 aliphatic heterocycles. The molecule has 0 aliphatic carbocycles. The second kappa shape index (κ2) is 8.91. The van der Waals surface area contributed by atoms with Crippen molar-refractivity contribution >= 4 is 40.3 Å². The summed E-state index contributed by atoms with van der Waals surface area (Å²) in [5.41, 5.74) is 2.98. The van der Waals surface area contributed by atoms with E-state index in [1.54, 1.807) is 18.2 Å². The quantitative estimate of drug-likeness (QED) is 0.516. The van der Waals surface area contributed by atoms with Crippen molar-refractivity contribution in [2.24, 2.45) is 0 Å². The number of aryl methyl sites for hydroxylation is 1. The van der Waals surface area contributed by atoms with Crippen LogP contribution in [0.2, 0.25) is 5.02 Å². The van der Waals surface area contributed by atoms with Gasteiger partial charge in [-0.05, 0) is 53.8 Å². The second-order valence-corrected chi connectivity index (χ2v) is 8.72. The van der Waals surface area contributed by atoms with Gasteiger partial charge >= 0.3 is 5.97 Å². The maximum absolute atomic E-state index is 12.6. The van der Waals surface area contributed by atoms with Gasteiger partial charge in [0.1, 0.15) is 0 Å². The molecule has 27 heavy (non-hydrogen) atoms. The van der Waals surface area contributed by atoms with E-state index in [0.29, 0.717) is 9.92 Å². The lowest BCUT2D eigenvalue weighted by molar-refractivity contribution is -0.137. The first-order valence-corrected chi connectivity index (χ1v) is 10.6. The Hall–Kier alpha value is -1.83. The third kappa shape index (κ3) is 5.34. The molecule has 0 spiro atoms. The Balaban J connectivity index is 1.82. The SMILES string of the molecule is Cc1ccc([S+]([O-])NC(CC(=O)O)c2cc(-c3cccc(Cl)c3)cs2)cc1. The van der Waals surface area contributed by atoms with Gasteiger partial charge in [0.2, 0.25) is 0 Å². The number of carbonyl (C=O) groups is 1. The van der Waals surface area contributed by atoms with Crippen LogP contribution in [0.3, 0.4) is 0 Å². The zero-order valence-corrected chi connectivity index (χ0v) is 16.9. The third-order valence-electron chi connectivity index (χ3n) is 3.98. The van der Waals surface area contributed by atoms with Gasteiger partial charge in [-0.1, -0.05) is 41.4 Å². The lowest BCUT2D eigenvalue weighted by atomic mass is 10.1. The molecule has 0 bridgehead atoms. The summed E-state index contributed by atoms with van der Waals surface area (Å²) in [6.45, 7) is 1.95. The van der Waals surface area contributed by atoms with Gasteiger partial charge in [0, 0.05) is 9.90 Å². The molecule has 7 heteroatoms. The van der Waals surface area contributed by atoms with E-state index in [4.69, 9.17) is 11.6 Å². The van der Waals surface area contributed by atoms with Crippen molar-refractivity contribution in [2.75, 3.05) is 0 Å². The summed E-state index contributed by atoms with van der Waals surface area (Å²) in [5, 5.41) is 11.9. The Morgan fingerprint density at radius 2 is 1.96 bits per heavy atom. The minimum absolute atomic E-state index is 0.160. The minimum atomic E-state index is -1.51. The van der Waals surface area contributed by atoms with E-state index < -0.39 is 23.4 Å². The molecule has 0 saturated heterocycles. The van der Waals surface area contributed by atoms with Crippen molar-refractivity contribution in [2.45, 2.75) is 24.3 Å². The van der Waals surface area contributed by atoms with Crippen molar-refractivity contribution in [3.8, 4) is 11.1 Å². The van der Waals surface area contributed by atoms with E-state index in [1.807, 2.05) is 48.7 Å². The highest BCUT2D eigenvalue weighted by Crippen LogP contribution is 2.32. The van der Waals surface area contributed by atoms with E-state index in [9.17, 15) is 14.5 Å². The number of halogens is 1. The number of carboxylic acid groups (broad SMARTS) is 1. The fourth-order valence-electron chi connectivity index (χ4n) is 2.59. The van der Waals surface area contributed by atoms with Gasteiger partial charge in [0.25, 0.3) is 0 Å². The zero-order valence-electron chi connectivity index (χ0n) is 14.5. The highest BCUT2D eigenvalue weighted by molar-refractivity contribution is 7.89. The Morgan fingerprint density at radius 3 is 2.63 bits per heavy atom. The molecule has 4 nitrogen and oxygen atoms in total. The number of benzene rings is 2. The number of hydrogen-bond acceptors (Lipinski definition) is 4. The molecule has 2 atom stereocenters. The lowest BCUT2D eigenvalue weighted by Crippen LogP contribution is -2.29. The number of nitrogens with one attached hydrogen (secondary N) is 1. The van der Waals surface area contributed by atoms with Crippen LogP contribution >= 0.6 is 22.9 Å². The molecule has 3 aromatic rings. The molecule has 2 unspecified atom stereocenters. The van der Waals surface area contributed by atoms with E-state index >= 15 is 0 Å². The molecular weight excluding hydrogens is 402 g/mol. The average Bonchev–Trinajstić information content (AvgIpc) is 3.11. The van der Waals surface area contributed by atoms with Crippen LogP contribution in [0.25, 0.3) is 11.1 Å². The lowest BCUT2D eigenvalue weighted by Gasteiger charge is -2.17. The van der Waals surface area contributed by atoms with Crippen LogP contribution in [0.5, 0.6) is 0 Å². The Kier molecular flexibility index (Phi) is 6.57. The summed E-state index contributed by atoms with van der Waals surface area (Å²) in [6.07, 6.45) is -0.160. The molecule has 140 valence electrons. The predicted molar refractivity (Wildman–Crippen MR) is 110 cm³/mol. The van der Waals surface area contributed by atoms with Crippen molar-refractivity contribution < 1.29 is 14.5 Å². The number of carboxylic acids is 1. The Labute approximate surface area is 170 Å². The monoisotopic (exact) mass is 419 g/mol. The van der Waals surface area contributed by atoms with Gasteiger partial charge in [-0.15, -0.1) is 16.1 Å². The molecule has 1 heterocycles. The normalized spacial score (nSPS) is 13.3. The highest BCUT2D eigenvalue weighted by atomic mass is 35.5. The predicted octanol–water partition coefficient (Wildman–Crippen LogP) is 5.21. The van der Waals surface area contributed by atoms with Crippen molar-refractivity contribution in [1.82, 2.24) is 4.72 Å². The topological polar surface area (TPSA) is 72.4 Å². The molecule has 2 aromatic carbocycles. The van der Waals surface area contributed by atoms with Gasteiger partial charge in [0.05, 0.1) is 23.8 Å². The summed E-state index contributed by atoms with van der Waals surface area (Å²) < 4.78 is 15.6. The molecular formula is C20H18ClNO3S2. The van der Waals surface area contributed by atoms with Gasteiger partial charge in [0.15, 0.2) is 4.90 Å². The number of thiophene rings is 1. The van der Waals surface area contributed by atoms with Crippen molar-refractivity contribution in [3.05, 3.63) is 75.4 Å². The first-order valence-electron chi connectivity index (χ1n) is 8.23. The molecule has 3 rings (SSSR count). The van der Waals surface area contributed by atoms with E-state index in [1.165, 1.54) is 11.3 Å². The van der Waals surface area contributed by atoms with E-state index in [0.717, 1.165) is 21.6 Å². The van der Waals surface area contributed by atoms with Crippen LogP contribution in [0.1, 0.15) is 22.9 Å². The smallest absolute Gasteiger partial charge is 0.305 e. The van der Waals surface area contributed by atoms with Crippen LogP contribution in [0, 0.1) is 6.92 Å². The fourth-order valence-corrected chi connectivity index (χ4v) is 4.81. The zero-order chi connectivity index (χ0) is 19.4. The van der Waals surface area contributed by atoms with Gasteiger partial charge < -0.3 is 9.66 Å². The van der Waals surface area contributed by atoms with E-state index in [2.05, 4.69) is 4.72 Å². The van der Waals surface area contributed by atoms with Gasteiger partial charge in [-0.3, -0.25) is 4.79 Å². The van der Waals surface area contributed by atoms with Crippen LogP contribution in [-0.4, -0.2) is 15.6 Å². The van der Waals surface area contributed by atoms with Crippen LogP contribution < -0.4 is 4.72 Å². The molecule has 0 amide bonds. The van der Waals surface area contributed by atoms with Crippen LogP contribution in [0.15, 0.2) is 64.9 Å². The third-order valence-corrected chi connectivity index (χ3v) is 6.46. The molecule has 0 aliphatic rings. The maximum Gasteiger partial charge on any atom is 0.305 e. The Bertz CT molecular complexity index is 927. The molecule has 1 aromatic heterocycles. The van der Waals surface area contributed by atoms with Crippen molar-refractivity contribution in [1.29, 1.82) is 0 Å². The summed E-state index contributed by atoms with van der Waals surface area (Å²) in [7, 11) is 0. The first kappa shape index (κ1) is 19.9. The number of aliphatic carboxylic acids is 1. The largest absolute Gasteiger partial charge is 0.593 e. The fraction of sp³-hybridized carbons (Fsp3) is 0.150. The highest BCUT2D eigenvalue weighted by Gasteiger charge is 2.24. The number of hydrogen-bond donors (Lipinski definition) is 2. The summed E-state index contributed by atoms with van der Waals surface area (Å²) in [4.78, 5) is 12.7. The van der Waals surface area contributed by atoms with Crippen LogP contribution in [-0.2, 0) is 16.2 Å². The van der Waals surface area contributed by atoms with Gasteiger partial charge in [-0.2, -0.15) is 0 Å². The molecule has 0 radical (unpaired) electrons. The molecule has 0 fully saturated rings. The first-order chi connectivity index (χ1) is 12.9. The summed E-state index contributed by atoms with van der Waals surface area (Å²) in [6, 6.07) is 16.2. The number of rotatable bonds is 7. The summed E-state index contributed by atoms with van der Waals surface area (Å²) in [5.74, 6) is -0.953. The van der Waals surface area contributed by atoms with Crippen molar-refractivity contribution in [3.63, 3.8) is 0 Å². The van der Waals surface area contributed by atoms with Crippen LogP contribution in [0.4, 0.5) is 0 Å². The average molecular weight is 420 g/mol. The maximum atomic E-state index is 12.6. The van der Waals surface area contributed by atoms with Gasteiger partial charge in [-0.25, -0.2) is 0 Å². The molecule has 2 N–H and O–H groups in total. The minimum Gasteiger partial charge on any atom is -0.593 e. The summed E-state index contributed by atoms with van der Waals surface area (Å²) >= 11 is 5.99. The molecule has 0 saturated carbocycles.